The molecular formula is C22H21F2N5O. The van der Waals surface area contributed by atoms with Gasteiger partial charge >= 0.3 is 6.03 Å². The van der Waals surface area contributed by atoms with E-state index < -0.39 is 17.7 Å². The molecule has 8 heteroatoms. The van der Waals surface area contributed by atoms with Crippen LogP contribution >= 0.6 is 0 Å². The van der Waals surface area contributed by atoms with Crippen molar-refractivity contribution in [2.75, 3.05) is 30.9 Å². The zero-order valence-electron chi connectivity index (χ0n) is 16.7. The summed E-state index contributed by atoms with van der Waals surface area (Å²) in [6.07, 6.45) is 0.553. The van der Waals surface area contributed by atoms with Crippen LogP contribution in [-0.2, 0) is 13.0 Å². The molecule has 0 spiro atoms. The zero-order chi connectivity index (χ0) is 21.3. The van der Waals surface area contributed by atoms with Crippen molar-refractivity contribution in [2.45, 2.75) is 13.0 Å². The van der Waals surface area contributed by atoms with Gasteiger partial charge in [-0.05, 0) is 12.1 Å². The Morgan fingerprint density at radius 2 is 1.87 bits per heavy atom. The first-order chi connectivity index (χ1) is 14.4. The van der Waals surface area contributed by atoms with Crippen LogP contribution in [0.15, 0.2) is 48.5 Å². The minimum absolute atomic E-state index is 0.0595. The summed E-state index contributed by atoms with van der Waals surface area (Å²) in [5.41, 5.74) is 2.62. The highest BCUT2D eigenvalue weighted by Crippen LogP contribution is 2.29. The number of anilines is 2. The van der Waals surface area contributed by atoms with E-state index >= 15 is 0 Å². The molecule has 0 atom stereocenters. The fourth-order valence-corrected chi connectivity index (χ4v) is 3.44. The molecule has 3 aromatic rings. The SMILES string of the molecule is CN(C)c1nc(-c2ccccc2)nc2c1CN(C(=O)Nc1ccc(F)cc1F)CC2. The Morgan fingerprint density at radius 3 is 2.57 bits per heavy atom. The number of nitrogens with one attached hydrogen (secondary N) is 1. The normalized spacial score (nSPS) is 13.0. The summed E-state index contributed by atoms with van der Waals surface area (Å²) in [5, 5.41) is 2.51. The molecule has 4 rings (SSSR count). The number of rotatable bonds is 3. The third-order valence-corrected chi connectivity index (χ3v) is 4.95. The molecule has 1 aliphatic rings. The van der Waals surface area contributed by atoms with Gasteiger partial charge in [-0.3, -0.25) is 0 Å². The van der Waals surface area contributed by atoms with Crippen molar-refractivity contribution >= 4 is 17.5 Å². The van der Waals surface area contributed by atoms with Gasteiger partial charge in [0, 0.05) is 44.3 Å². The van der Waals surface area contributed by atoms with Gasteiger partial charge in [-0.25, -0.2) is 23.5 Å². The molecule has 0 bridgehead atoms. The van der Waals surface area contributed by atoms with E-state index in [4.69, 9.17) is 9.97 Å². The van der Waals surface area contributed by atoms with Crippen LogP contribution in [0.25, 0.3) is 11.4 Å². The van der Waals surface area contributed by atoms with E-state index in [-0.39, 0.29) is 5.69 Å². The average molecular weight is 409 g/mol. The highest BCUT2D eigenvalue weighted by atomic mass is 19.1. The molecule has 0 saturated carbocycles. The monoisotopic (exact) mass is 409 g/mol. The van der Waals surface area contributed by atoms with Crippen LogP contribution in [-0.4, -0.2) is 41.5 Å². The Bertz CT molecular complexity index is 1090. The van der Waals surface area contributed by atoms with Crippen LogP contribution in [0.3, 0.4) is 0 Å². The lowest BCUT2D eigenvalue weighted by Crippen LogP contribution is -2.40. The van der Waals surface area contributed by atoms with Crippen LogP contribution in [0.5, 0.6) is 0 Å². The first-order valence-corrected chi connectivity index (χ1v) is 9.56. The molecule has 0 unspecified atom stereocenters. The van der Waals surface area contributed by atoms with Gasteiger partial charge in [0.25, 0.3) is 0 Å². The standard InChI is InChI=1S/C22H21F2N5O/c1-28(2)21-16-13-29(22(30)26-19-9-8-15(23)12-17(19)24)11-10-18(16)25-20(27-21)14-6-4-3-5-7-14/h3-9,12H,10-11,13H2,1-2H3,(H,26,30). The van der Waals surface area contributed by atoms with Gasteiger partial charge in [0.2, 0.25) is 0 Å². The first-order valence-electron chi connectivity index (χ1n) is 9.56. The fourth-order valence-electron chi connectivity index (χ4n) is 3.44. The summed E-state index contributed by atoms with van der Waals surface area (Å²) in [7, 11) is 3.79. The summed E-state index contributed by atoms with van der Waals surface area (Å²) in [6, 6.07) is 12.3. The summed E-state index contributed by atoms with van der Waals surface area (Å²) in [5.74, 6) is -0.126. The van der Waals surface area contributed by atoms with Gasteiger partial charge in [0.15, 0.2) is 5.82 Å². The molecule has 154 valence electrons. The molecule has 2 heterocycles. The number of amides is 2. The third-order valence-electron chi connectivity index (χ3n) is 4.95. The van der Waals surface area contributed by atoms with Gasteiger partial charge in [0.1, 0.15) is 17.5 Å². The maximum atomic E-state index is 13.9. The predicted octanol–water partition coefficient (Wildman–Crippen LogP) is 4.08. The Balaban J connectivity index is 1.60. The van der Waals surface area contributed by atoms with Crippen molar-refractivity contribution in [1.82, 2.24) is 14.9 Å². The van der Waals surface area contributed by atoms with E-state index in [2.05, 4.69) is 5.32 Å². The summed E-state index contributed by atoms with van der Waals surface area (Å²) in [4.78, 5) is 25.6. The highest BCUT2D eigenvalue weighted by Gasteiger charge is 2.27. The van der Waals surface area contributed by atoms with E-state index in [1.807, 2.05) is 49.3 Å². The highest BCUT2D eigenvalue weighted by molar-refractivity contribution is 5.89. The van der Waals surface area contributed by atoms with E-state index in [1.54, 1.807) is 4.90 Å². The molecule has 6 nitrogen and oxygen atoms in total. The van der Waals surface area contributed by atoms with Crippen molar-refractivity contribution in [2.24, 2.45) is 0 Å². The zero-order valence-corrected chi connectivity index (χ0v) is 16.7. The Morgan fingerprint density at radius 1 is 1.10 bits per heavy atom. The number of carbonyl (C=O) groups is 1. The van der Waals surface area contributed by atoms with Crippen molar-refractivity contribution in [3.05, 3.63) is 71.4 Å². The number of benzene rings is 2. The lowest BCUT2D eigenvalue weighted by atomic mass is 10.1. The molecule has 0 saturated heterocycles. The number of urea groups is 1. The maximum absolute atomic E-state index is 13.9. The Labute approximate surface area is 173 Å². The van der Waals surface area contributed by atoms with Gasteiger partial charge in [-0.15, -0.1) is 0 Å². The van der Waals surface area contributed by atoms with Crippen LogP contribution in [0.1, 0.15) is 11.3 Å². The molecular weight excluding hydrogens is 388 g/mol. The Hall–Kier alpha value is -3.55. The number of fused-ring (bicyclic) bond motifs is 1. The quantitative estimate of drug-likeness (QED) is 0.708. The fraction of sp³-hybridized carbons (Fsp3) is 0.227. The van der Waals surface area contributed by atoms with Gasteiger partial charge < -0.3 is 15.1 Å². The van der Waals surface area contributed by atoms with E-state index in [0.717, 1.165) is 34.8 Å². The Kier molecular flexibility index (Phi) is 5.31. The van der Waals surface area contributed by atoms with Crippen LogP contribution in [0, 0.1) is 11.6 Å². The van der Waals surface area contributed by atoms with Crippen LogP contribution in [0.4, 0.5) is 25.1 Å². The lowest BCUT2D eigenvalue weighted by Gasteiger charge is -2.31. The number of nitrogens with zero attached hydrogens (tertiary/aromatic N) is 4. The lowest BCUT2D eigenvalue weighted by molar-refractivity contribution is 0.206. The third kappa shape index (κ3) is 3.94. The average Bonchev–Trinajstić information content (AvgIpc) is 2.75. The minimum Gasteiger partial charge on any atom is -0.362 e. The second-order valence-electron chi connectivity index (χ2n) is 7.28. The van der Waals surface area contributed by atoms with Crippen molar-refractivity contribution in [3.63, 3.8) is 0 Å². The van der Waals surface area contributed by atoms with Gasteiger partial charge in [0.05, 0.1) is 17.9 Å². The molecule has 1 N–H and O–H groups in total. The molecule has 0 aliphatic carbocycles. The number of hydrogen-bond donors (Lipinski definition) is 1. The smallest absolute Gasteiger partial charge is 0.322 e. The maximum Gasteiger partial charge on any atom is 0.322 e. The summed E-state index contributed by atoms with van der Waals surface area (Å²) in [6.45, 7) is 0.728. The molecule has 0 fully saturated rings. The number of carbonyl (C=O) groups excluding carboxylic acids is 1. The van der Waals surface area contributed by atoms with Gasteiger partial charge in [-0.1, -0.05) is 30.3 Å². The molecule has 0 radical (unpaired) electrons. The predicted molar refractivity (Wildman–Crippen MR) is 111 cm³/mol. The number of halogens is 2. The van der Waals surface area contributed by atoms with E-state index in [1.165, 1.54) is 6.07 Å². The summed E-state index contributed by atoms with van der Waals surface area (Å²) < 4.78 is 27.0. The van der Waals surface area contributed by atoms with Crippen molar-refractivity contribution in [3.8, 4) is 11.4 Å². The van der Waals surface area contributed by atoms with Crippen LogP contribution in [0.2, 0.25) is 0 Å². The second kappa shape index (κ2) is 8.06. The van der Waals surface area contributed by atoms with Gasteiger partial charge in [-0.2, -0.15) is 0 Å². The largest absolute Gasteiger partial charge is 0.362 e. The minimum atomic E-state index is -0.814. The van der Waals surface area contributed by atoms with Crippen molar-refractivity contribution < 1.29 is 13.6 Å². The molecule has 1 aromatic heterocycles. The van der Waals surface area contributed by atoms with Crippen LogP contribution < -0.4 is 10.2 Å². The van der Waals surface area contributed by atoms with Crippen molar-refractivity contribution in [1.29, 1.82) is 0 Å². The number of aromatic nitrogens is 2. The van der Waals surface area contributed by atoms with E-state index in [9.17, 15) is 13.6 Å². The first kappa shape index (κ1) is 19.8. The number of hydrogen-bond acceptors (Lipinski definition) is 4. The topological polar surface area (TPSA) is 61.4 Å². The van der Waals surface area contributed by atoms with E-state index in [0.29, 0.717) is 25.3 Å². The molecule has 2 aromatic carbocycles. The summed E-state index contributed by atoms with van der Waals surface area (Å²) >= 11 is 0. The second-order valence-corrected chi connectivity index (χ2v) is 7.28. The molecule has 2 amide bonds. The molecule has 1 aliphatic heterocycles. The molecule has 30 heavy (non-hydrogen) atoms.